The summed E-state index contributed by atoms with van der Waals surface area (Å²) >= 11 is 6.68. The van der Waals surface area contributed by atoms with Gasteiger partial charge in [-0.1, -0.05) is 18.2 Å². The number of aliphatic imine (C=N–C) groups is 1. The third-order valence-corrected chi connectivity index (χ3v) is 5.28. The van der Waals surface area contributed by atoms with Gasteiger partial charge in [-0.05, 0) is 56.1 Å². The smallest absolute Gasteiger partial charge is 0.363 e. The van der Waals surface area contributed by atoms with E-state index in [4.69, 9.17) is 9.15 Å². The molecule has 4 rings (SSSR count). The first-order chi connectivity index (χ1) is 13.9. The molecule has 0 aliphatic carbocycles. The van der Waals surface area contributed by atoms with Crippen molar-refractivity contribution in [2.24, 2.45) is 4.99 Å². The van der Waals surface area contributed by atoms with Gasteiger partial charge < -0.3 is 9.15 Å². The zero-order valence-electron chi connectivity index (χ0n) is 14.5. The maximum atomic E-state index is 12.1. The number of benzene rings is 2. The molecule has 1 aliphatic heterocycles. The van der Waals surface area contributed by atoms with Crippen molar-refractivity contribution in [3.8, 4) is 11.3 Å². The summed E-state index contributed by atoms with van der Waals surface area (Å²) in [4.78, 5) is 26.9. The molecule has 2 aromatic carbocycles. The summed E-state index contributed by atoms with van der Waals surface area (Å²) in [5.41, 5.74) is 1.37. The SMILES string of the molecule is O=C1OC(c2ccccc2)=NC1=Cc1ccc(-c2c(Br)cc([N+](=O)[O-])cc2Br)o1. The summed E-state index contributed by atoms with van der Waals surface area (Å²) in [6.45, 7) is 0. The van der Waals surface area contributed by atoms with Crippen LogP contribution in [0, 0.1) is 10.1 Å². The van der Waals surface area contributed by atoms with Gasteiger partial charge in [-0.3, -0.25) is 10.1 Å². The van der Waals surface area contributed by atoms with Crippen molar-refractivity contribution >= 4 is 55.5 Å². The number of nitro groups is 1. The van der Waals surface area contributed by atoms with E-state index in [0.717, 1.165) is 0 Å². The minimum absolute atomic E-state index is 0.0575. The average Bonchev–Trinajstić information content (AvgIpc) is 3.29. The van der Waals surface area contributed by atoms with E-state index >= 15 is 0 Å². The van der Waals surface area contributed by atoms with Gasteiger partial charge in [0.15, 0.2) is 5.70 Å². The van der Waals surface area contributed by atoms with Crippen LogP contribution in [-0.4, -0.2) is 16.8 Å². The van der Waals surface area contributed by atoms with Gasteiger partial charge in [0.1, 0.15) is 11.5 Å². The van der Waals surface area contributed by atoms with Crippen LogP contribution in [0.15, 0.2) is 78.6 Å². The zero-order valence-corrected chi connectivity index (χ0v) is 17.6. The van der Waals surface area contributed by atoms with Crippen molar-refractivity contribution in [1.82, 2.24) is 0 Å². The lowest BCUT2D eigenvalue weighted by Crippen LogP contribution is -2.04. The van der Waals surface area contributed by atoms with Crippen LogP contribution in [0.4, 0.5) is 5.69 Å². The topological polar surface area (TPSA) is 94.9 Å². The van der Waals surface area contributed by atoms with E-state index < -0.39 is 10.9 Å². The van der Waals surface area contributed by atoms with Gasteiger partial charge in [0.25, 0.3) is 5.69 Å². The first-order valence-electron chi connectivity index (χ1n) is 8.24. The Labute approximate surface area is 181 Å². The minimum atomic E-state index is -0.570. The standard InChI is InChI=1S/C20H10Br2N2O5/c21-14-8-12(24(26)27)9-15(22)18(14)17-7-6-13(28-17)10-16-20(25)29-19(23-16)11-4-2-1-3-5-11/h1-10H. The van der Waals surface area contributed by atoms with Gasteiger partial charge in [0, 0.05) is 38.3 Å². The zero-order chi connectivity index (χ0) is 20.5. The van der Waals surface area contributed by atoms with E-state index in [1.54, 1.807) is 24.3 Å². The second kappa shape index (κ2) is 7.76. The molecule has 1 aromatic heterocycles. The minimum Gasteiger partial charge on any atom is -0.457 e. The molecule has 7 nitrogen and oxygen atoms in total. The maximum Gasteiger partial charge on any atom is 0.363 e. The number of nitro benzene ring substituents is 1. The molecule has 0 bridgehead atoms. The van der Waals surface area contributed by atoms with Crippen LogP contribution in [0.3, 0.4) is 0 Å². The number of furan rings is 1. The van der Waals surface area contributed by atoms with Gasteiger partial charge in [-0.25, -0.2) is 9.79 Å². The van der Waals surface area contributed by atoms with Crippen molar-refractivity contribution in [2.45, 2.75) is 0 Å². The number of esters is 1. The molecule has 0 atom stereocenters. The van der Waals surface area contributed by atoms with Crippen molar-refractivity contribution < 1.29 is 18.9 Å². The second-order valence-electron chi connectivity index (χ2n) is 5.95. The van der Waals surface area contributed by atoms with Gasteiger partial charge >= 0.3 is 5.97 Å². The lowest BCUT2D eigenvalue weighted by molar-refractivity contribution is -0.385. The molecule has 0 fully saturated rings. The van der Waals surface area contributed by atoms with E-state index in [1.165, 1.54) is 18.2 Å². The lowest BCUT2D eigenvalue weighted by Gasteiger charge is -2.04. The Morgan fingerprint density at radius 3 is 2.38 bits per heavy atom. The molecule has 144 valence electrons. The predicted octanol–water partition coefficient (Wildman–Crippen LogP) is 5.72. The third kappa shape index (κ3) is 3.92. The highest BCUT2D eigenvalue weighted by Crippen LogP contribution is 2.39. The normalized spacial score (nSPS) is 14.8. The first kappa shape index (κ1) is 19.3. The van der Waals surface area contributed by atoms with Crippen molar-refractivity contribution in [1.29, 1.82) is 0 Å². The molecule has 3 aromatic rings. The molecular formula is C20H10Br2N2O5. The summed E-state index contributed by atoms with van der Waals surface area (Å²) in [6.07, 6.45) is 1.48. The van der Waals surface area contributed by atoms with Gasteiger partial charge in [0.2, 0.25) is 5.90 Å². The van der Waals surface area contributed by atoms with E-state index in [0.29, 0.717) is 31.6 Å². The number of carbonyl (C=O) groups is 1. The van der Waals surface area contributed by atoms with Crippen LogP contribution < -0.4 is 0 Å². The number of rotatable bonds is 4. The van der Waals surface area contributed by atoms with Gasteiger partial charge in [-0.15, -0.1) is 0 Å². The Morgan fingerprint density at radius 1 is 1.03 bits per heavy atom. The fourth-order valence-electron chi connectivity index (χ4n) is 2.71. The molecular weight excluding hydrogens is 508 g/mol. The highest BCUT2D eigenvalue weighted by atomic mass is 79.9. The highest BCUT2D eigenvalue weighted by Gasteiger charge is 2.25. The summed E-state index contributed by atoms with van der Waals surface area (Å²) < 4.78 is 12.0. The quantitative estimate of drug-likeness (QED) is 0.191. The number of ether oxygens (including phenoxy) is 1. The number of non-ortho nitro benzene ring substituents is 1. The van der Waals surface area contributed by atoms with Crippen LogP contribution in [-0.2, 0) is 9.53 Å². The lowest BCUT2D eigenvalue weighted by atomic mass is 10.1. The summed E-state index contributed by atoms with van der Waals surface area (Å²) in [6, 6.07) is 15.3. The van der Waals surface area contributed by atoms with Crippen molar-refractivity contribution in [2.75, 3.05) is 0 Å². The molecule has 2 heterocycles. The molecule has 1 aliphatic rings. The van der Waals surface area contributed by atoms with Crippen LogP contribution in [0.1, 0.15) is 11.3 Å². The Bertz CT molecular complexity index is 1180. The second-order valence-corrected chi connectivity index (χ2v) is 7.65. The van der Waals surface area contributed by atoms with Crippen LogP contribution in [0.5, 0.6) is 0 Å². The Kier molecular flexibility index (Phi) is 5.16. The molecule has 0 unspecified atom stereocenters. The molecule has 0 saturated heterocycles. The Balaban J connectivity index is 1.66. The largest absolute Gasteiger partial charge is 0.457 e. The third-order valence-electron chi connectivity index (χ3n) is 4.03. The number of halogens is 2. The maximum absolute atomic E-state index is 12.1. The fourth-order valence-corrected chi connectivity index (χ4v) is 4.27. The molecule has 0 radical (unpaired) electrons. The van der Waals surface area contributed by atoms with Gasteiger partial charge in [-0.2, -0.15) is 0 Å². The Hall–Kier alpha value is -3.04. The number of hydrogen-bond acceptors (Lipinski definition) is 6. The number of cyclic esters (lactones) is 1. The van der Waals surface area contributed by atoms with E-state index in [2.05, 4.69) is 36.9 Å². The summed E-state index contributed by atoms with van der Waals surface area (Å²) in [5, 5.41) is 11.0. The Morgan fingerprint density at radius 2 is 1.72 bits per heavy atom. The predicted molar refractivity (Wildman–Crippen MR) is 113 cm³/mol. The summed E-state index contributed by atoms with van der Waals surface area (Å²) in [7, 11) is 0. The van der Waals surface area contributed by atoms with Crippen LogP contribution in [0.25, 0.3) is 17.4 Å². The first-order valence-corrected chi connectivity index (χ1v) is 9.82. The molecule has 0 amide bonds. The van der Waals surface area contributed by atoms with Crippen molar-refractivity contribution in [3.63, 3.8) is 0 Å². The number of hydrogen-bond donors (Lipinski definition) is 0. The van der Waals surface area contributed by atoms with E-state index in [9.17, 15) is 14.9 Å². The molecule has 0 saturated carbocycles. The van der Waals surface area contributed by atoms with Crippen LogP contribution >= 0.6 is 31.9 Å². The highest BCUT2D eigenvalue weighted by molar-refractivity contribution is 9.11. The number of carbonyl (C=O) groups excluding carboxylic acids is 1. The van der Waals surface area contributed by atoms with Crippen molar-refractivity contribution in [3.05, 3.63) is 90.7 Å². The number of nitrogens with zero attached hydrogens (tertiary/aromatic N) is 2. The van der Waals surface area contributed by atoms with E-state index in [-0.39, 0.29) is 17.3 Å². The molecule has 0 spiro atoms. The monoisotopic (exact) mass is 516 g/mol. The molecule has 29 heavy (non-hydrogen) atoms. The average molecular weight is 518 g/mol. The van der Waals surface area contributed by atoms with Crippen LogP contribution in [0.2, 0.25) is 0 Å². The summed E-state index contributed by atoms with van der Waals surface area (Å²) in [5.74, 6) is 0.514. The molecule has 0 N–H and O–H groups in total. The molecule has 9 heteroatoms. The fraction of sp³-hybridized carbons (Fsp3) is 0. The van der Waals surface area contributed by atoms with E-state index in [1.807, 2.05) is 18.2 Å². The van der Waals surface area contributed by atoms with Gasteiger partial charge in [0.05, 0.1) is 4.92 Å².